The molecule has 10 heteroatoms. The number of rotatable bonds is 10. The molecule has 1 aromatic rings. The number of sulfonamides is 1. The second-order valence-electron chi connectivity index (χ2n) is 11.1. The molecule has 38 heavy (non-hydrogen) atoms. The average Bonchev–Trinajstić information content (AvgIpc) is 2.92. The summed E-state index contributed by atoms with van der Waals surface area (Å²) in [5.41, 5.74) is 0.325. The molecule has 9 nitrogen and oxygen atoms in total. The lowest BCUT2D eigenvalue weighted by molar-refractivity contribution is -0.125. The minimum atomic E-state index is -3.70. The Labute approximate surface area is 227 Å². The van der Waals surface area contributed by atoms with Crippen LogP contribution in [0, 0.1) is 5.92 Å². The van der Waals surface area contributed by atoms with Crippen LogP contribution in [0.2, 0.25) is 0 Å². The van der Waals surface area contributed by atoms with E-state index in [1.54, 1.807) is 6.07 Å². The first-order chi connectivity index (χ1) is 18.2. The molecule has 1 saturated heterocycles. The third kappa shape index (κ3) is 6.69. The lowest BCUT2D eigenvalue weighted by Crippen LogP contribution is -2.49. The number of hydrogen-bond donors (Lipinski definition) is 1. The van der Waals surface area contributed by atoms with E-state index in [1.807, 2.05) is 0 Å². The zero-order valence-electron chi connectivity index (χ0n) is 23.2. The highest BCUT2D eigenvalue weighted by atomic mass is 32.2. The van der Waals surface area contributed by atoms with E-state index >= 15 is 0 Å². The fourth-order valence-electron chi connectivity index (χ4n) is 5.82. The number of piperidine rings is 1. The molecule has 212 valence electrons. The summed E-state index contributed by atoms with van der Waals surface area (Å²) in [5, 5.41) is 2.99. The largest absolute Gasteiger partial charge is 0.482 e. The number of benzene rings is 1. The topological polar surface area (TPSA) is 99.3 Å². The molecule has 1 N–H and O–H groups in total. The molecule has 0 radical (unpaired) electrons. The number of hydrogen-bond acceptors (Lipinski definition) is 6. The lowest BCUT2D eigenvalue weighted by Gasteiger charge is -2.38. The van der Waals surface area contributed by atoms with Gasteiger partial charge in [-0.25, -0.2) is 8.42 Å². The molecule has 3 aliphatic rings. The number of fused-ring (bicyclic) bond motifs is 1. The molecule has 1 atom stereocenters. The maximum Gasteiger partial charge on any atom is 0.265 e. The normalized spacial score (nSPS) is 20.7. The van der Waals surface area contributed by atoms with Gasteiger partial charge in [0, 0.05) is 38.3 Å². The molecule has 2 aliphatic heterocycles. The Hall–Kier alpha value is -2.17. The van der Waals surface area contributed by atoms with Gasteiger partial charge in [0.1, 0.15) is 12.3 Å². The summed E-state index contributed by atoms with van der Waals surface area (Å²) in [4.78, 5) is 29.7. The van der Waals surface area contributed by atoms with Crippen LogP contribution in [0.3, 0.4) is 0 Å². The summed E-state index contributed by atoms with van der Waals surface area (Å²) < 4.78 is 33.7. The summed E-state index contributed by atoms with van der Waals surface area (Å²) >= 11 is 0. The van der Waals surface area contributed by atoms with Crippen molar-refractivity contribution in [2.75, 3.05) is 44.2 Å². The molecular formula is C28H44N4O5S. The van der Waals surface area contributed by atoms with Gasteiger partial charge in [0.25, 0.3) is 5.91 Å². The fourth-order valence-corrected chi connectivity index (χ4v) is 7.31. The monoisotopic (exact) mass is 548 g/mol. The lowest BCUT2D eigenvalue weighted by atomic mass is 9.93. The average molecular weight is 549 g/mol. The van der Waals surface area contributed by atoms with Gasteiger partial charge in [0.15, 0.2) is 6.61 Å². The quantitative estimate of drug-likeness (QED) is 0.481. The Morgan fingerprint density at radius 1 is 1.16 bits per heavy atom. The highest BCUT2D eigenvalue weighted by Gasteiger charge is 2.33. The van der Waals surface area contributed by atoms with Crippen molar-refractivity contribution < 1.29 is 22.7 Å². The van der Waals surface area contributed by atoms with Crippen molar-refractivity contribution in [2.45, 2.75) is 89.1 Å². The molecular weight excluding hydrogens is 504 g/mol. The van der Waals surface area contributed by atoms with Crippen LogP contribution >= 0.6 is 0 Å². The van der Waals surface area contributed by atoms with Crippen LogP contribution in [0.15, 0.2) is 23.1 Å². The highest BCUT2D eigenvalue weighted by molar-refractivity contribution is 7.89. The van der Waals surface area contributed by atoms with Gasteiger partial charge < -0.3 is 10.1 Å². The summed E-state index contributed by atoms with van der Waals surface area (Å²) in [6.45, 7) is 8.46. The number of anilines is 1. The predicted octanol–water partition coefficient (Wildman–Crippen LogP) is 3.38. The van der Waals surface area contributed by atoms with Crippen LogP contribution in [-0.4, -0.2) is 80.9 Å². The molecule has 0 spiro atoms. The number of nitrogens with one attached hydrogen (secondary N) is 1. The second kappa shape index (κ2) is 12.8. The zero-order chi connectivity index (χ0) is 27.3. The van der Waals surface area contributed by atoms with E-state index in [4.69, 9.17) is 4.74 Å². The summed E-state index contributed by atoms with van der Waals surface area (Å²) in [7, 11) is -3.70. The highest BCUT2D eigenvalue weighted by Crippen LogP contribution is 2.35. The van der Waals surface area contributed by atoms with Gasteiger partial charge in [0.05, 0.1) is 10.6 Å². The number of ether oxygens (including phenoxy) is 1. The number of amides is 2. The number of carbonyl (C=O) groups is 2. The van der Waals surface area contributed by atoms with Crippen LogP contribution in [-0.2, 0) is 19.6 Å². The van der Waals surface area contributed by atoms with Crippen LogP contribution in [0.4, 0.5) is 5.69 Å². The SMILES string of the molecule is CC[C@H](C)N(CCNC(=O)CN1C(=O)COc2ccc(S(=O)(=O)N3CCC(C)CC3)cc21)C1CCCCC1. The minimum Gasteiger partial charge on any atom is -0.482 e. The second-order valence-corrected chi connectivity index (χ2v) is 13.1. The van der Waals surface area contributed by atoms with Crippen molar-refractivity contribution in [3.8, 4) is 5.75 Å². The maximum absolute atomic E-state index is 13.3. The van der Waals surface area contributed by atoms with Gasteiger partial charge in [-0.05, 0) is 63.1 Å². The van der Waals surface area contributed by atoms with Gasteiger partial charge >= 0.3 is 0 Å². The number of nitrogens with zero attached hydrogens (tertiary/aromatic N) is 3. The molecule has 1 saturated carbocycles. The van der Waals surface area contributed by atoms with E-state index in [1.165, 1.54) is 53.4 Å². The van der Waals surface area contributed by atoms with E-state index in [-0.39, 0.29) is 29.9 Å². The van der Waals surface area contributed by atoms with Crippen molar-refractivity contribution in [3.05, 3.63) is 18.2 Å². The molecule has 2 fully saturated rings. The molecule has 0 unspecified atom stereocenters. The van der Waals surface area contributed by atoms with Crippen LogP contribution in [0.1, 0.15) is 72.1 Å². The molecule has 2 heterocycles. The third-order valence-electron chi connectivity index (χ3n) is 8.45. The van der Waals surface area contributed by atoms with Crippen molar-refractivity contribution in [2.24, 2.45) is 5.92 Å². The van der Waals surface area contributed by atoms with Gasteiger partial charge in [-0.2, -0.15) is 4.31 Å². The predicted molar refractivity (Wildman–Crippen MR) is 148 cm³/mol. The van der Waals surface area contributed by atoms with Gasteiger partial charge in [-0.15, -0.1) is 0 Å². The minimum absolute atomic E-state index is 0.117. The Morgan fingerprint density at radius 2 is 1.87 bits per heavy atom. The molecule has 0 aromatic heterocycles. The Bertz CT molecular complexity index is 1080. The van der Waals surface area contributed by atoms with Crippen molar-refractivity contribution in [1.29, 1.82) is 0 Å². The van der Waals surface area contributed by atoms with E-state index in [0.29, 0.717) is 49.1 Å². The Kier molecular flexibility index (Phi) is 9.70. The standard InChI is InChI=1S/C28H44N4O5S/c1-4-22(3)31(23-8-6-5-7-9-23)17-14-29-27(33)19-32-25-18-24(10-11-26(25)37-20-28(32)34)38(35,36)30-15-12-21(2)13-16-30/h10-11,18,21-23H,4-9,12-17,19-20H2,1-3H3,(H,29,33)/t22-/m0/s1. The first-order valence-electron chi connectivity index (χ1n) is 14.3. The molecule has 4 rings (SSSR count). The molecule has 1 aliphatic carbocycles. The summed E-state index contributed by atoms with van der Waals surface area (Å²) in [5.74, 6) is 0.281. The van der Waals surface area contributed by atoms with Crippen LogP contribution in [0.25, 0.3) is 0 Å². The van der Waals surface area contributed by atoms with Crippen molar-refractivity contribution >= 4 is 27.5 Å². The van der Waals surface area contributed by atoms with Crippen molar-refractivity contribution in [1.82, 2.24) is 14.5 Å². The summed E-state index contributed by atoms with van der Waals surface area (Å²) in [6.07, 6.45) is 8.95. The smallest absolute Gasteiger partial charge is 0.265 e. The summed E-state index contributed by atoms with van der Waals surface area (Å²) in [6, 6.07) is 5.59. The zero-order valence-corrected chi connectivity index (χ0v) is 24.0. The van der Waals surface area contributed by atoms with Gasteiger partial charge in [-0.3, -0.25) is 19.4 Å². The van der Waals surface area contributed by atoms with E-state index in [0.717, 1.165) is 25.8 Å². The van der Waals surface area contributed by atoms with E-state index in [2.05, 4.69) is 31.0 Å². The molecule has 0 bridgehead atoms. The van der Waals surface area contributed by atoms with Gasteiger partial charge in [0.2, 0.25) is 15.9 Å². The van der Waals surface area contributed by atoms with Crippen LogP contribution in [0.5, 0.6) is 5.75 Å². The van der Waals surface area contributed by atoms with Gasteiger partial charge in [-0.1, -0.05) is 33.1 Å². The Balaban J connectivity index is 1.41. The molecule has 1 aromatic carbocycles. The third-order valence-corrected chi connectivity index (χ3v) is 10.3. The fraction of sp³-hybridized carbons (Fsp3) is 0.714. The van der Waals surface area contributed by atoms with E-state index in [9.17, 15) is 18.0 Å². The van der Waals surface area contributed by atoms with Crippen LogP contribution < -0.4 is 15.0 Å². The first-order valence-corrected chi connectivity index (χ1v) is 15.7. The van der Waals surface area contributed by atoms with Crippen molar-refractivity contribution in [3.63, 3.8) is 0 Å². The first kappa shape index (κ1) is 28.8. The maximum atomic E-state index is 13.3. The Morgan fingerprint density at radius 3 is 2.55 bits per heavy atom. The number of carbonyl (C=O) groups excluding carboxylic acids is 2. The van der Waals surface area contributed by atoms with E-state index < -0.39 is 10.0 Å². The molecule has 2 amide bonds.